The molecule has 2 aromatic rings. The number of nitrogens with zero attached hydrogens (tertiary/aromatic N) is 3. The summed E-state index contributed by atoms with van der Waals surface area (Å²) in [7, 11) is 1.67. The van der Waals surface area contributed by atoms with Crippen LogP contribution in [0.5, 0.6) is 5.75 Å². The molecule has 1 amide bonds. The lowest BCUT2D eigenvalue weighted by Crippen LogP contribution is -2.39. The molecule has 6 nitrogen and oxygen atoms in total. The number of carbonyl (C=O) groups excluding carboxylic acids is 1. The van der Waals surface area contributed by atoms with Crippen LogP contribution in [0.3, 0.4) is 0 Å². The predicted molar refractivity (Wildman–Crippen MR) is 103 cm³/mol. The molecule has 0 radical (unpaired) electrons. The van der Waals surface area contributed by atoms with Gasteiger partial charge in [0.2, 0.25) is 0 Å². The highest BCUT2D eigenvalue weighted by molar-refractivity contribution is 5.97. The van der Waals surface area contributed by atoms with Crippen LogP contribution in [0.1, 0.15) is 53.1 Å². The van der Waals surface area contributed by atoms with Crippen molar-refractivity contribution in [2.24, 2.45) is 0 Å². The summed E-state index contributed by atoms with van der Waals surface area (Å²) in [4.78, 5) is 24.0. The molecule has 3 rings (SSSR count). The molecular formula is C21H27N3O3. The van der Waals surface area contributed by atoms with Gasteiger partial charge in [0.15, 0.2) is 0 Å². The van der Waals surface area contributed by atoms with Gasteiger partial charge in [-0.05, 0) is 38.8 Å². The average Bonchev–Trinajstić information content (AvgIpc) is 2.70. The molecule has 6 heteroatoms. The fourth-order valence-corrected chi connectivity index (χ4v) is 3.61. The van der Waals surface area contributed by atoms with Crippen molar-refractivity contribution >= 4 is 5.91 Å². The van der Waals surface area contributed by atoms with Crippen molar-refractivity contribution in [3.8, 4) is 5.75 Å². The lowest BCUT2D eigenvalue weighted by atomic mass is 9.91. The smallest absolute Gasteiger partial charge is 0.257 e. The normalized spacial score (nSPS) is 17.0. The predicted octanol–water partition coefficient (Wildman–Crippen LogP) is 3.35. The monoisotopic (exact) mass is 369 g/mol. The van der Waals surface area contributed by atoms with E-state index in [1.165, 1.54) is 0 Å². The first kappa shape index (κ1) is 19.3. The lowest BCUT2D eigenvalue weighted by molar-refractivity contribution is 0.0700. The second-order valence-electron chi connectivity index (χ2n) is 6.78. The number of hydrogen-bond acceptors (Lipinski definition) is 5. The highest BCUT2D eigenvalue weighted by Gasteiger charge is 2.29. The summed E-state index contributed by atoms with van der Waals surface area (Å²) >= 11 is 0. The van der Waals surface area contributed by atoms with E-state index in [0.717, 1.165) is 36.5 Å². The zero-order valence-electron chi connectivity index (χ0n) is 16.3. The molecule has 1 aromatic carbocycles. The van der Waals surface area contributed by atoms with E-state index in [1.807, 2.05) is 49.2 Å². The minimum absolute atomic E-state index is 0.0165. The van der Waals surface area contributed by atoms with Gasteiger partial charge in [-0.3, -0.25) is 4.79 Å². The molecular weight excluding hydrogens is 342 g/mol. The standard InChI is InChI=1S/C21H27N3O3/c1-4-27-19-10-6-5-9-18(19)21(25)24-11-7-8-16(13-24)20-17(14-26-3)12-22-15(2)23-20/h5-6,9-10,12,16H,4,7-8,11,13-14H2,1-3H3. The Hall–Kier alpha value is -2.47. The summed E-state index contributed by atoms with van der Waals surface area (Å²) < 4.78 is 11.0. The number of para-hydroxylation sites is 1. The van der Waals surface area contributed by atoms with Crippen LogP contribution < -0.4 is 4.74 Å². The Morgan fingerprint density at radius 1 is 1.33 bits per heavy atom. The highest BCUT2D eigenvalue weighted by Crippen LogP contribution is 2.30. The maximum absolute atomic E-state index is 13.1. The molecule has 27 heavy (non-hydrogen) atoms. The Balaban J connectivity index is 1.83. The minimum Gasteiger partial charge on any atom is -0.493 e. The van der Waals surface area contributed by atoms with Crippen molar-refractivity contribution in [2.45, 2.75) is 39.2 Å². The number of aryl methyl sites for hydroxylation is 1. The number of rotatable bonds is 6. The van der Waals surface area contributed by atoms with E-state index in [0.29, 0.717) is 31.1 Å². The average molecular weight is 369 g/mol. The van der Waals surface area contributed by atoms with E-state index < -0.39 is 0 Å². The van der Waals surface area contributed by atoms with E-state index in [2.05, 4.69) is 9.97 Å². The van der Waals surface area contributed by atoms with Gasteiger partial charge in [-0.1, -0.05) is 12.1 Å². The largest absolute Gasteiger partial charge is 0.493 e. The Bertz CT molecular complexity index is 794. The van der Waals surface area contributed by atoms with Crippen LogP contribution in [0, 0.1) is 6.92 Å². The van der Waals surface area contributed by atoms with Crippen LogP contribution in [0.4, 0.5) is 0 Å². The minimum atomic E-state index is 0.0165. The number of piperidine rings is 1. The van der Waals surface area contributed by atoms with Crippen LogP contribution in [0.2, 0.25) is 0 Å². The molecule has 1 aliphatic rings. The summed E-state index contributed by atoms with van der Waals surface area (Å²) in [6.07, 6.45) is 3.79. The second-order valence-corrected chi connectivity index (χ2v) is 6.78. The van der Waals surface area contributed by atoms with Gasteiger partial charge < -0.3 is 14.4 Å². The summed E-state index contributed by atoms with van der Waals surface area (Å²) in [5.74, 6) is 1.59. The van der Waals surface area contributed by atoms with Crippen molar-refractivity contribution in [3.05, 3.63) is 53.1 Å². The zero-order chi connectivity index (χ0) is 19.2. The number of hydrogen-bond donors (Lipinski definition) is 0. The van der Waals surface area contributed by atoms with Gasteiger partial charge in [-0.2, -0.15) is 0 Å². The molecule has 0 saturated carbocycles. The van der Waals surface area contributed by atoms with Crippen molar-refractivity contribution in [1.29, 1.82) is 0 Å². The molecule has 1 aromatic heterocycles. The van der Waals surface area contributed by atoms with Crippen LogP contribution in [0.25, 0.3) is 0 Å². The summed E-state index contributed by atoms with van der Waals surface area (Å²) in [5, 5.41) is 0. The fraction of sp³-hybridized carbons (Fsp3) is 0.476. The van der Waals surface area contributed by atoms with Gasteiger partial charge in [0.25, 0.3) is 5.91 Å². The SMILES string of the molecule is CCOc1ccccc1C(=O)N1CCCC(c2nc(C)ncc2COC)C1. The van der Waals surface area contributed by atoms with Crippen molar-refractivity contribution in [1.82, 2.24) is 14.9 Å². The summed E-state index contributed by atoms with van der Waals surface area (Å²) in [6.45, 7) is 6.23. The molecule has 0 aliphatic carbocycles. The molecule has 0 bridgehead atoms. The number of aromatic nitrogens is 2. The number of amides is 1. The molecule has 0 spiro atoms. The number of methoxy groups -OCH3 is 1. The Morgan fingerprint density at radius 3 is 2.93 bits per heavy atom. The fourth-order valence-electron chi connectivity index (χ4n) is 3.61. The van der Waals surface area contributed by atoms with E-state index in [4.69, 9.17) is 9.47 Å². The van der Waals surface area contributed by atoms with Gasteiger partial charge >= 0.3 is 0 Å². The van der Waals surface area contributed by atoms with Crippen molar-refractivity contribution < 1.29 is 14.3 Å². The molecule has 1 saturated heterocycles. The van der Waals surface area contributed by atoms with Gasteiger partial charge in [0, 0.05) is 37.9 Å². The summed E-state index contributed by atoms with van der Waals surface area (Å²) in [5.41, 5.74) is 2.62. The third-order valence-electron chi connectivity index (χ3n) is 4.83. The van der Waals surface area contributed by atoms with Gasteiger partial charge in [-0.15, -0.1) is 0 Å². The highest BCUT2D eigenvalue weighted by atomic mass is 16.5. The third-order valence-corrected chi connectivity index (χ3v) is 4.83. The van der Waals surface area contributed by atoms with Gasteiger partial charge in [-0.25, -0.2) is 9.97 Å². The van der Waals surface area contributed by atoms with Crippen LogP contribution in [-0.4, -0.2) is 47.6 Å². The number of benzene rings is 1. The Morgan fingerprint density at radius 2 is 2.15 bits per heavy atom. The van der Waals surface area contributed by atoms with Gasteiger partial charge in [0.1, 0.15) is 11.6 Å². The summed E-state index contributed by atoms with van der Waals surface area (Å²) in [6, 6.07) is 7.45. The quantitative estimate of drug-likeness (QED) is 0.781. The van der Waals surface area contributed by atoms with Crippen LogP contribution in [-0.2, 0) is 11.3 Å². The van der Waals surface area contributed by atoms with Crippen LogP contribution in [0.15, 0.2) is 30.5 Å². The third kappa shape index (κ3) is 4.45. The number of ether oxygens (including phenoxy) is 2. The molecule has 0 N–H and O–H groups in total. The molecule has 1 aliphatic heterocycles. The molecule has 1 unspecified atom stereocenters. The first-order valence-corrected chi connectivity index (χ1v) is 9.46. The molecule has 1 fully saturated rings. The topological polar surface area (TPSA) is 64.5 Å². The van der Waals surface area contributed by atoms with Gasteiger partial charge in [0.05, 0.1) is 24.5 Å². The number of carbonyl (C=O) groups is 1. The van der Waals surface area contributed by atoms with Crippen molar-refractivity contribution in [3.63, 3.8) is 0 Å². The maximum atomic E-state index is 13.1. The maximum Gasteiger partial charge on any atom is 0.257 e. The Labute approximate surface area is 160 Å². The first-order valence-electron chi connectivity index (χ1n) is 9.46. The second kappa shape index (κ2) is 8.95. The first-order chi connectivity index (χ1) is 13.1. The lowest BCUT2D eigenvalue weighted by Gasteiger charge is -2.33. The van der Waals surface area contributed by atoms with E-state index in [1.54, 1.807) is 7.11 Å². The van der Waals surface area contributed by atoms with Crippen LogP contribution >= 0.6 is 0 Å². The Kier molecular flexibility index (Phi) is 6.40. The molecule has 144 valence electrons. The van der Waals surface area contributed by atoms with E-state index in [-0.39, 0.29) is 11.8 Å². The zero-order valence-corrected chi connectivity index (χ0v) is 16.3. The molecule has 1 atom stereocenters. The molecule has 2 heterocycles. The van der Waals surface area contributed by atoms with E-state index >= 15 is 0 Å². The van der Waals surface area contributed by atoms with Crippen molar-refractivity contribution in [2.75, 3.05) is 26.8 Å². The van der Waals surface area contributed by atoms with E-state index in [9.17, 15) is 4.79 Å². The number of likely N-dealkylation sites (tertiary alicyclic amines) is 1.